The summed E-state index contributed by atoms with van der Waals surface area (Å²) >= 11 is 0. The molecule has 0 saturated heterocycles. The lowest BCUT2D eigenvalue weighted by Gasteiger charge is -2.04. The third-order valence-electron chi connectivity index (χ3n) is 4.20. The second-order valence-corrected chi connectivity index (χ2v) is 6.54. The monoisotopic (exact) mass is 360 g/mol. The zero-order valence-corrected chi connectivity index (χ0v) is 14.9. The maximum Gasteiger partial charge on any atom is 0.255 e. The average molecular weight is 360 g/mol. The van der Waals surface area contributed by atoms with Crippen LogP contribution in [-0.4, -0.2) is 10.9 Å². The highest BCUT2D eigenvalue weighted by Gasteiger charge is 2.12. The van der Waals surface area contributed by atoms with Crippen molar-refractivity contribution in [1.29, 1.82) is 0 Å². The van der Waals surface area contributed by atoms with E-state index in [9.17, 15) is 9.18 Å². The summed E-state index contributed by atoms with van der Waals surface area (Å²) in [5, 5.41) is 2.76. The van der Waals surface area contributed by atoms with E-state index in [4.69, 9.17) is 4.42 Å². The summed E-state index contributed by atoms with van der Waals surface area (Å²) in [7, 11) is 0. The number of aryl methyl sites for hydroxylation is 2. The summed E-state index contributed by atoms with van der Waals surface area (Å²) in [6, 6.07) is 16.9. The smallest absolute Gasteiger partial charge is 0.255 e. The predicted molar refractivity (Wildman–Crippen MR) is 103 cm³/mol. The number of benzene rings is 3. The standard InChI is InChI=1S/C22H17FN2O2/c1-13-8-14(2)10-16(9-13)22-25-19-12-18(6-7-20(19)27-22)24-21(26)15-4-3-5-17(23)11-15/h3-12H,1-2H3,(H,24,26). The van der Waals surface area contributed by atoms with Gasteiger partial charge in [-0.3, -0.25) is 4.79 Å². The SMILES string of the molecule is Cc1cc(C)cc(-c2nc3cc(NC(=O)c4cccc(F)c4)ccc3o2)c1. The molecule has 4 nitrogen and oxygen atoms in total. The van der Waals surface area contributed by atoms with E-state index in [1.807, 2.05) is 26.0 Å². The van der Waals surface area contributed by atoms with Gasteiger partial charge in [-0.25, -0.2) is 9.37 Å². The number of nitrogens with one attached hydrogen (secondary N) is 1. The number of rotatable bonds is 3. The van der Waals surface area contributed by atoms with E-state index in [0.29, 0.717) is 22.7 Å². The number of hydrogen-bond donors (Lipinski definition) is 1. The van der Waals surface area contributed by atoms with Gasteiger partial charge in [-0.2, -0.15) is 0 Å². The third-order valence-corrected chi connectivity index (χ3v) is 4.20. The van der Waals surface area contributed by atoms with E-state index in [-0.39, 0.29) is 11.5 Å². The number of anilines is 1. The van der Waals surface area contributed by atoms with E-state index < -0.39 is 5.82 Å². The second kappa shape index (κ2) is 6.68. The molecule has 0 unspecified atom stereocenters. The molecule has 27 heavy (non-hydrogen) atoms. The molecule has 3 aromatic carbocycles. The first-order chi connectivity index (χ1) is 13.0. The molecule has 5 heteroatoms. The van der Waals surface area contributed by atoms with Gasteiger partial charge in [0, 0.05) is 16.8 Å². The molecule has 1 N–H and O–H groups in total. The summed E-state index contributed by atoms with van der Waals surface area (Å²) in [4.78, 5) is 16.8. The average Bonchev–Trinajstić information content (AvgIpc) is 3.04. The third kappa shape index (κ3) is 3.58. The minimum absolute atomic E-state index is 0.256. The van der Waals surface area contributed by atoms with Crippen molar-refractivity contribution in [2.75, 3.05) is 5.32 Å². The minimum Gasteiger partial charge on any atom is -0.436 e. The van der Waals surface area contributed by atoms with Crippen LogP contribution in [0.2, 0.25) is 0 Å². The van der Waals surface area contributed by atoms with Gasteiger partial charge in [0.15, 0.2) is 5.58 Å². The molecule has 0 fully saturated rings. The summed E-state index contributed by atoms with van der Waals surface area (Å²) in [6.07, 6.45) is 0. The van der Waals surface area contributed by atoms with Crippen LogP contribution >= 0.6 is 0 Å². The van der Waals surface area contributed by atoms with Crippen molar-refractivity contribution in [3.05, 3.63) is 83.2 Å². The fourth-order valence-electron chi connectivity index (χ4n) is 3.06. The Bertz CT molecular complexity index is 1140. The van der Waals surface area contributed by atoms with Crippen molar-refractivity contribution in [2.24, 2.45) is 0 Å². The highest BCUT2D eigenvalue weighted by Crippen LogP contribution is 2.27. The molecule has 1 heterocycles. The summed E-state index contributed by atoms with van der Waals surface area (Å²) in [5.74, 6) is -0.301. The first-order valence-electron chi connectivity index (χ1n) is 8.54. The van der Waals surface area contributed by atoms with Gasteiger partial charge in [0.25, 0.3) is 5.91 Å². The molecule has 4 aromatic rings. The van der Waals surface area contributed by atoms with Crippen LogP contribution in [0.5, 0.6) is 0 Å². The van der Waals surface area contributed by atoms with Crippen LogP contribution in [0.4, 0.5) is 10.1 Å². The molecule has 0 atom stereocenters. The van der Waals surface area contributed by atoms with Gasteiger partial charge in [-0.15, -0.1) is 0 Å². The van der Waals surface area contributed by atoms with E-state index in [1.54, 1.807) is 24.3 Å². The van der Waals surface area contributed by atoms with Crippen LogP contribution < -0.4 is 5.32 Å². The number of hydrogen-bond acceptors (Lipinski definition) is 3. The molecule has 1 amide bonds. The Kier molecular flexibility index (Phi) is 4.20. The second-order valence-electron chi connectivity index (χ2n) is 6.54. The molecule has 0 spiro atoms. The van der Waals surface area contributed by atoms with Crippen LogP contribution in [0.25, 0.3) is 22.6 Å². The molecular weight excluding hydrogens is 343 g/mol. The van der Waals surface area contributed by atoms with Gasteiger partial charge in [0.05, 0.1) is 0 Å². The summed E-state index contributed by atoms with van der Waals surface area (Å²) in [6.45, 7) is 4.05. The van der Waals surface area contributed by atoms with Gasteiger partial charge in [0.1, 0.15) is 11.3 Å². The normalized spacial score (nSPS) is 10.9. The quantitative estimate of drug-likeness (QED) is 0.525. The summed E-state index contributed by atoms with van der Waals surface area (Å²) < 4.78 is 19.1. The van der Waals surface area contributed by atoms with Gasteiger partial charge < -0.3 is 9.73 Å². The highest BCUT2D eigenvalue weighted by molar-refractivity contribution is 6.04. The number of carbonyl (C=O) groups is 1. The van der Waals surface area contributed by atoms with Crippen molar-refractivity contribution in [3.63, 3.8) is 0 Å². The molecule has 1 aromatic heterocycles. The van der Waals surface area contributed by atoms with Crippen molar-refractivity contribution >= 4 is 22.7 Å². The van der Waals surface area contributed by atoms with E-state index in [0.717, 1.165) is 16.7 Å². The lowest BCUT2D eigenvalue weighted by molar-refractivity contribution is 0.102. The molecule has 134 valence electrons. The van der Waals surface area contributed by atoms with Crippen LogP contribution in [0.1, 0.15) is 21.5 Å². The Morgan fingerprint density at radius 3 is 2.52 bits per heavy atom. The van der Waals surface area contributed by atoms with Gasteiger partial charge >= 0.3 is 0 Å². The molecule has 0 bridgehead atoms. The number of nitrogens with zero attached hydrogens (tertiary/aromatic N) is 1. The first-order valence-corrected chi connectivity index (χ1v) is 8.54. The van der Waals surface area contributed by atoms with Crippen LogP contribution in [-0.2, 0) is 0 Å². The molecule has 0 saturated carbocycles. The van der Waals surface area contributed by atoms with Crippen molar-refractivity contribution in [3.8, 4) is 11.5 Å². The van der Waals surface area contributed by atoms with E-state index in [2.05, 4.69) is 16.4 Å². The topological polar surface area (TPSA) is 55.1 Å². The number of carbonyl (C=O) groups excluding carboxylic acids is 1. The number of halogens is 1. The lowest BCUT2D eigenvalue weighted by atomic mass is 10.1. The lowest BCUT2D eigenvalue weighted by Crippen LogP contribution is -2.11. The summed E-state index contributed by atoms with van der Waals surface area (Å²) in [5.41, 5.74) is 5.27. The van der Waals surface area contributed by atoms with Gasteiger partial charge in [0.2, 0.25) is 5.89 Å². The maximum atomic E-state index is 13.3. The molecule has 4 rings (SSSR count). The molecule has 0 radical (unpaired) electrons. The molecule has 0 aliphatic carbocycles. The predicted octanol–water partition coefficient (Wildman–Crippen LogP) is 5.50. The minimum atomic E-state index is -0.451. The van der Waals surface area contributed by atoms with Crippen molar-refractivity contribution < 1.29 is 13.6 Å². The maximum absolute atomic E-state index is 13.3. The van der Waals surface area contributed by atoms with E-state index >= 15 is 0 Å². The Hall–Kier alpha value is -3.47. The Labute approximate surface area is 155 Å². The van der Waals surface area contributed by atoms with Crippen LogP contribution in [0, 0.1) is 19.7 Å². The van der Waals surface area contributed by atoms with Crippen LogP contribution in [0.15, 0.2) is 65.1 Å². The van der Waals surface area contributed by atoms with Crippen LogP contribution in [0.3, 0.4) is 0 Å². The fraction of sp³-hybridized carbons (Fsp3) is 0.0909. The van der Waals surface area contributed by atoms with Gasteiger partial charge in [-0.1, -0.05) is 23.3 Å². The Morgan fingerprint density at radius 1 is 1.00 bits per heavy atom. The Morgan fingerprint density at radius 2 is 1.78 bits per heavy atom. The van der Waals surface area contributed by atoms with Crippen molar-refractivity contribution in [2.45, 2.75) is 13.8 Å². The van der Waals surface area contributed by atoms with E-state index in [1.165, 1.54) is 18.2 Å². The zero-order chi connectivity index (χ0) is 19.0. The fourth-order valence-corrected chi connectivity index (χ4v) is 3.06. The number of aromatic nitrogens is 1. The van der Waals surface area contributed by atoms with Crippen molar-refractivity contribution in [1.82, 2.24) is 4.98 Å². The number of oxazole rings is 1. The molecule has 0 aliphatic heterocycles. The number of amides is 1. The zero-order valence-electron chi connectivity index (χ0n) is 14.9. The van der Waals surface area contributed by atoms with Gasteiger partial charge in [-0.05, 0) is 62.4 Å². The number of fused-ring (bicyclic) bond motifs is 1. The highest BCUT2D eigenvalue weighted by atomic mass is 19.1. The Balaban J connectivity index is 1.63. The largest absolute Gasteiger partial charge is 0.436 e. The molecular formula is C22H17FN2O2. The molecule has 0 aliphatic rings. The first kappa shape index (κ1) is 17.0.